The molecule has 0 spiro atoms. The molecule has 0 saturated heterocycles. The molecule has 0 radical (unpaired) electrons. The van der Waals surface area contributed by atoms with Gasteiger partial charge in [-0.05, 0) is 48.1 Å². The van der Waals surface area contributed by atoms with Gasteiger partial charge in [0.25, 0.3) is 5.91 Å². The SMILES string of the molecule is COc1ccc(Cl)cc1C(=O)NC(=S)Nc1ccc(CC(=O)O)cc1. The van der Waals surface area contributed by atoms with Crippen LogP contribution in [-0.4, -0.2) is 29.2 Å². The van der Waals surface area contributed by atoms with E-state index in [4.69, 9.17) is 33.7 Å². The Bertz CT molecular complexity index is 809. The van der Waals surface area contributed by atoms with Crippen molar-refractivity contribution in [3.8, 4) is 5.75 Å². The van der Waals surface area contributed by atoms with Gasteiger partial charge in [-0.25, -0.2) is 0 Å². The molecule has 0 aliphatic rings. The second kappa shape index (κ2) is 8.46. The number of aliphatic carboxylic acids is 1. The molecule has 2 rings (SSSR count). The predicted molar refractivity (Wildman–Crippen MR) is 99.5 cm³/mol. The standard InChI is InChI=1S/C17H15ClN2O4S/c1-24-14-7-4-11(18)9-13(14)16(23)20-17(25)19-12-5-2-10(3-6-12)8-15(21)22/h2-7,9H,8H2,1H3,(H,21,22)(H2,19,20,23,25). The largest absolute Gasteiger partial charge is 0.496 e. The molecule has 1 amide bonds. The Kier molecular flexibility index (Phi) is 6.32. The van der Waals surface area contributed by atoms with E-state index in [1.54, 1.807) is 36.4 Å². The van der Waals surface area contributed by atoms with Gasteiger partial charge < -0.3 is 15.2 Å². The topological polar surface area (TPSA) is 87.7 Å². The van der Waals surface area contributed by atoms with Gasteiger partial charge in [0.05, 0.1) is 19.1 Å². The van der Waals surface area contributed by atoms with E-state index >= 15 is 0 Å². The number of methoxy groups -OCH3 is 1. The Morgan fingerprint density at radius 1 is 1.20 bits per heavy atom. The zero-order valence-electron chi connectivity index (χ0n) is 13.2. The molecule has 0 aromatic heterocycles. The fourth-order valence-corrected chi connectivity index (χ4v) is 2.45. The number of anilines is 1. The highest BCUT2D eigenvalue weighted by Gasteiger charge is 2.14. The molecule has 6 nitrogen and oxygen atoms in total. The number of hydrogen-bond donors (Lipinski definition) is 3. The second-order valence-electron chi connectivity index (χ2n) is 5.02. The molecule has 2 aromatic carbocycles. The van der Waals surface area contributed by atoms with E-state index in [0.29, 0.717) is 22.0 Å². The van der Waals surface area contributed by atoms with Crippen LogP contribution in [0, 0.1) is 0 Å². The lowest BCUT2D eigenvalue weighted by atomic mass is 10.1. The van der Waals surface area contributed by atoms with Crippen molar-refractivity contribution in [1.82, 2.24) is 5.32 Å². The van der Waals surface area contributed by atoms with Crippen molar-refractivity contribution < 1.29 is 19.4 Å². The van der Waals surface area contributed by atoms with Gasteiger partial charge in [0.1, 0.15) is 5.75 Å². The summed E-state index contributed by atoms with van der Waals surface area (Å²) >= 11 is 11.0. The molecule has 0 aliphatic carbocycles. The zero-order chi connectivity index (χ0) is 18.4. The fraction of sp³-hybridized carbons (Fsp3) is 0.118. The normalized spacial score (nSPS) is 10.0. The van der Waals surface area contributed by atoms with Gasteiger partial charge >= 0.3 is 5.97 Å². The third-order valence-corrected chi connectivity index (χ3v) is 3.64. The highest BCUT2D eigenvalue weighted by Crippen LogP contribution is 2.22. The molecule has 130 valence electrons. The quantitative estimate of drug-likeness (QED) is 0.693. The van der Waals surface area contributed by atoms with Crippen LogP contribution in [0.5, 0.6) is 5.75 Å². The van der Waals surface area contributed by atoms with Crippen molar-refractivity contribution in [3.63, 3.8) is 0 Å². The maximum Gasteiger partial charge on any atom is 0.307 e. The summed E-state index contributed by atoms with van der Waals surface area (Å²) in [6.07, 6.45) is -0.0595. The molecule has 8 heteroatoms. The number of amides is 1. The van der Waals surface area contributed by atoms with Crippen LogP contribution in [0.1, 0.15) is 15.9 Å². The first kappa shape index (κ1) is 18.7. The van der Waals surface area contributed by atoms with Crippen molar-refractivity contribution in [1.29, 1.82) is 0 Å². The number of benzene rings is 2. The number of carbonyl (C=O) groups is 2. The molecular formula is C17H15ClN2O4S. The van der Waals surface area contributed by atoms with Gasteiger partial charge in [-0.3, -0.25) is 14.9 Å². The van der Waals surface area contributed by atoms with Crippen molar-refractivity contribution in [3.05, 3.63) is 58.6 Å². The monoisotopic (exact) mass is 378 g/mol. The maximum atomic E-state index is 12.3. The number of rotatable bonds is 5. The molecule has 0 saturated carbocycles. The number of carbonyl (C=O) groups excluding carboxylic acids is 1. The van der Waals surface area contributed by atoms with Gasteiger partial charge in [-0.15, -0.1) is 0 Å². The molecule has 3 N–H and O–H groups in total. The van der Waals surface area contributed by atoms with E-state index < -0.39 is 11.9 Å². The molecule has 25 heavy (non-hydrogen) atoms. The minimum atomic E-state index is -0.904. The van der Waals surface area contributed by atoms with Gasteiger partial charge in [0.2, 0.25) is 0 Å². The summed E-state index contributed by atoms with van der Waals surface area (Å²) in [7, 11) is 1.45. The summed E-state index contributed by atoms with van der Waals surface area (Å²) in [6.45, 7) is 0. The number of carboxylic acid groups (broad SMARTS) is 1. The van der Waals surface area contributed by atoms with Crippen LogP contribution in [0.15, 0.2) is 42.5 Å². The lowest BCUT2D eigenvalue weighted by Crippen LogP contribution is -2.34. The van der Waals surface area contributed by atoms with E-state index in [-0.39, 0.29) is 17.1 Å². The Hall–Kier alpha value is -2.64. The Labute approximate surface area is 154 Å². The molecule has 2 aromatic rings. The molecule has 0 heterocycles. The summed E-state index contributed by atoms with van der Waals surface area (Å²) in [5.74, 6) is -0.985. The van der Waals surface area contributed by atoms with Gasteiger partial charge in [0.15, 0.2) is 5.11 Å². The van der Waals surface area contributed by atoms with Gasteiger partial charge in [-0.1, -0.05) is 23.7 Å². The molecule has 0 fully saturated rings. The number of ether oxygens (including phenoxy) is 1. The van der Waals surface area contributed by atoms with Crippen molar-refractivity contribution in [2.24, 2.45) is 0 Å². The summed E-state index contributed by atoms with van der Waals surface area (Å²) in [6, 6.07) is 11.4. The van der Waals surface area contributed by atoms with E-state index in [0.717, 1.165) is 0 Å². The summed E-state index contributed by atoms with van der Waals surface area (Å²) < 4.78 is 5.14. The summed E-state index contributed by atoms with van der Waals surface area (Å²) in [5, 5.41) is 14.6. The number of nitrogens with one attached hydrogen (secondary N) is 2. The summed E-state index contributed by atoms with van der Waals surface area (Å²) in [5.41, 5.74) is 1.55. The average Bonchev–Trinajstić information content (AvgIpc) is 2.56. The lowest BCUT2D eigenvalue weighted by Gasteiger charge is -2.12. The van der Waals surface area contributed by atoms with E-state index in [9.17, 15) is 9.59 Å². The minimum Gasteiger partial charge on any atom is -0.496 e. The molecule has 0 aliphatic heterocycles. The molecule has 0 bridgehead atoms. The average molecular weight is 379 g/mol. The highest BCUT2D eigenvalue weighted by atomic mass is 35.5. The van der Waals surface area contributed by atoms with Crippen molar-refractivity contribution >= 4 is 46.5 Å². The highest BCUT2D eigenvalue weighted by molar-refractivity contribution is 7.80. The Morgan fingerprint density at radius 3 is 2.48 bits per heavy atom. The lowest BCUT2D eigenvalue weighted by molar-refractivity contribution is -0.136. The number of halogens is 1. The maximum absolute atomic E-state index is 12.3. The Balaban J connectivity index is 2.01. The predicted octanol–water partition coefficient (Wildman–Crippen LogP) is 3.10. The van der Waals surface area contributed by atoms with Gasteiger partial charge in [-0.2, -0.15) is 0 Å². The van der Waals surface area contributed by atoms with Crippen molar-refractivity contribution in [2.75, 3.05) is 12.4 Å². The van der Waals surface area contributed by atoms with Crippen LogP contribution in [0.4, 0.5) is 5.69 Å². The second-order valence-corrected chi connectivity index (χ2v) is 5.86. The smallest absolute Gasteiger partial charge is 0.307 e. The van der Waals surface area contributed by atoms with E-state index in [1.165, 1.54) is 13.2 Å². The van der Waals surface area contributed by atoms with Crippen LogP contribution in [0.25, 0.3) is 0 Å². The van der Waals surface area contributed by atoms with E-state index in [1.807, 2.05) is 0 Å². The van der Waals surface area contributed by atoms with Crippen LogP contribution >= 0.6 is 23.8 Å². The van der Waals surface area contributed by atoms with Crippen LogP contribution < -0.4 is 15.4 Å². The number of thiocarbonyl (C=S) groups is 1. The molecule has 0 unspecified atom stereocenters. The first-order valence-electron chi connectivity index (χ1n) is 7.15. The number of carboxylic acids is 1. The third-order valence-electron chi connectivity index (χ3n) is 3.20. The molecule has 0 atom stereocenters. The van der Waals surface area contributed by atoms with Crippen LogP contribution in [0.3, 0.4) is 0 Å². The fourth-order valence-electron chi connectivity index (χ4n) is 2.07. The minimum absolute atomic E-state index is 0.0595. The van der Waals surface area contributed by atoms with Gasteiger partial charge in [0, 0.05) is 10.7 Å². The Morgan fingerprint density at radius 2 is 1.88 bits per heavy atom. The number of hydrogen-bond acceptors (Lipinski definition) is 4. The molecular weight excluding hydrogens is 364 g/mol. The first-order chi connectivity index (χ1) is 11.9. The summed E-state index contributed by atoms with van der Waals surface area (Å²) in [4.78, 5) is 23.0. The van der Waals surface area contributed by atoms with Crippen LogP contribution in [-0.2, 0) is 11.2 Å². The van der Waals surface area contributed by atoms with E-state index in [2.05, 4.69) is 10.6 Å². The van der Waals surface area contributed by atoms with Crippen molar-refractivity contribution in [2.45, 2.75) is 6.42 Å². The first-order valence-corrected chi connectivity index (χ1v) is 7.94. The zero-order valence-corrected chi connectivity index (χ0v) is 14.8. The third kappa shape index (κ3) is 5.44. The van der Waals surface area contributed by atoms with Crippen LogP contribution in [0.2, 0.25) is 5.02 Å².